The van der Waals surface area contributed by atoms with Crippen molar-refractivity contribution in [2.75, 3.05) is 11.1 Å². The van der Waals surface area contributed by atoms with E-state index in [1.165, 1.54) is 11.3 Å². The summed E-state index contributed by atoms with van der Waals surface area (Å²) >= 11 is 1.21. The molecule has 4 nitrogen and oxygen atoms in total. The summed E-state index contributed by atoms with van der Waals surface area (Å²) in [5, 5.41) is 3.23. The Bertz CT molecular complexity index is 694. The number of rotatable bonds is 2. The van der Waals surface area contributed by atoms with Crippen LogP contribution in [0.25, 0.3) is 0 Å². The van der Waals surface area contributed by atoms with E-state index in [1.807, 2.05) is 0 Å². The van der Waals surface area contributed by atoms with E-state index < -0.39 is 17.6 Å². The van der Waals surface area contributed by atoms with Gasteiger partial charge in [-0.2, -0.15) is 13.2 Å². The summed E-state index contributed by atoms with van der Waals surface area (Å²) < 4.78 is 37.6. The van der Waals surface area contributed by atoms with Crippen LogP contribution in [-0.4, -0.2) is 10.9 Å². The molecule has 1 amide bonds. The second-order valence-electron chi connectivity index (χ2n) is 4.40. The zero-order chi connectivity index (χ0) is 15.8. The fourth-order valence-electron chi connectivity index (χ4n) is 1.77. The van der Waals surface area contributed by atoms with Crippen molar-refractivity contribution >= 4 is 28.6 Å². The number of aromatic nitrogens is 1. The molecule has 0 aliphatic carbocycles. The number of nitrogens with zero attached hydrogens (tertiary/aromatic N) is 1. The summed E-state index contributed by atoms with van der Waals surface area (Å²) in [4.78, 5) is 16.6. The van der Waals surface area contributed by atoms with Crippen molar-refractivity contribution in [3.05, 3.63) is 39.3 Å². The smallest absolute Gasteiger partial charge is 0.397 e. The number of alkyl halides is 3. The van der Waals surface area contributed by atoms with Gasteiger partial charge in [0.25, 0.3) is 5.91 Å². The van der Waals surface area contributed by atoms with E-state index in [2.05, 4.69) is 10.3 Å². The first kappa shape index (κ1) is 15.3. The molecule has 8 heteroatoms. The lowest BCUT2D eigenvalue weighted by atomic mass is 10.1. The van der Waals surface area contributed by atoms with Crippen molar-refractivity contribution in [2.24, 2.45) is 0 Å². The van der Waals surface area contributed by atoms with Crippen molar-refractivity contribution in [2.45, 2.75) is 20.0 Å². The molecular formula is C13H12F3N3OS. The Morgan fingerprint density at radius 2 is 2.00 bits per heavy atom. The fourth-order valence-corrected chi connectivity index (χ4v) is 2.59. The van der Waals surface area contributed by atoms with Crippen LogP contribution >= 0.6 is 11.3 Å². The molecule has 1 heterocycles. The van der Waals surface area contributed by atoms with E-state index in [1.54, 1.807) is 13.8 Å². The third-order valence-electron chi connectivity index (χ3n) is 2.74. The summed E-state index contributed by atoms with van der Waals surface area (Å²) in [5.74, 6) is -0.440. The van der Waals surface area contributed by atoms with Gasteiger partial charge in [-0.3, -0.25) is 4.79 Å². The highest BCUT2D eigenvalue weighted by molar-refractivity contribution is 7.13. The van der Waals surface area contributed by atoms with Gasteiger partial charge in [0, 0.05) is 0 Å². The molecule has 0 saturated carbocycles. The number of hydrogen-bond acceptors (Lipinski definition) is 4. The third kappa shape index (κ3) is 3.33. The number of aryl methyl sites for hydroxylation is 2. The van der Waals surface area contributed by atoms with Crippen LogP contribution in [0.5, 0.6) is 0 Å². The molecule has 2 aromatic rings. The van der Waals surface area contributed by atoms with E-state index in [0.29, 0.717) is 10.6 Å². The number of benzene rings is 1. The van der Waals surface area contributed by atoms with Gasteiger partial charge in [0.05, 0.1) is 27.6 Å². The van der Waals surface area contributed by atoms with Gasteiger partial charge in [-0.1, -0.05) is 0 Å². The summed E-state index contributed by atoms with van der Waals surface area (Å²) in [6.07, 6.45) is -4.47. The van der Waals surface area contributed by atoms with Gasteiger partial charge < -0.3 is 11.1 Å². The van der Waals surface area contributed by atoms with Gasteiger partial charge in [0.1, 0.15) is 4.88 Å². The summed E-state index contributed by atoms with van der Waals surface area (Å²) in [6, 6.07) is 2.80. The van der Waals surface area contributed by atoms with Crippen molar-refractivity contribution in [1.82, 2.24) is 4.98 Å². The second kappa shape index (κ2) is 5.36. The molecule has 0 unspecified atom stereocenters. The van der Waals surface area contributed by atoms with Gasteiger partial charge in [-0.05, 0) is 32.0 Å². The maximum absolute atomic E-state index is 12.5. The molecule has 2 rings (SSSR count). The number of amides is 1. The first-order chi connectivity index (χ1) is 9.68. The first-order valence-electron chi connectivity index (χ1n) is 5.90. The minimum atomic E-state index is -4.47. The Balaban J connectivity index is 2.24. The summed E-state index contributed by atoms with van der Waals surface area (Å²) in [7, 11) is 0. The van der Waals surface area contributed by atoms with E-state index in [4.69, 9.17) is 5.73 Å². The van der Waals surface area contributed by atoms with Gasteiger partial charge in [-0.25, -0.2) is 4.98 Å². The SMILES string of the molecule is Cc1nc(C)c(C(=O)Nc2ccc(C(F)(F)F)cc2N)s1. The Morgan fingerprint density at radius 1 is 1.33 bits per heavy atom. The Hall–Kier alpha value is -2.09. The van der Waals surface area contributed by atoms with E-state index in [0.717, 1.165) is 23.2 Å². The average Bonchev–Trinajstić information content (AvgIpc) is 2.69. The third-order valence-corrected chi connectivity index (χ3v) is 3.81. The fraction of sp³-hybridized carbons (Fsp3) is 0.231. The maximum Gasteiger partial charge on any atom is 0.416 e. The number of anilines is 2. The number of carbonyl (C=O) groups excluding carboxylic acids is 1. The Kier molecular flexibility index (Phi) is 3.91. The van der Waals surface area contributed by atoms with Gasteiger partial charge in [0.15, 0.2) is 0 Å². The highest BCUT2D eigenvalue weighted by Crippen LogP contribution is 2.33. The number of thiazole rings is 1. The molecule has 0 atom stereocenters. The predicted molar refractivity (Wildman–Crippen MR) is 75.4 cm³/mol. The number of nitrogens with one attached hydrogen (secondary N) is 1. The minimum Gasteiger partial charge on any atom is -0.397 e. The summed E-state index contributed by atoms with van der Waals surface area (Å²) in [5.41, 5.74) is 5.27. The zero-order valence-corrected chi connectivity index (χ0v) is 12.0. The van der Waals surface area contributed by atoms with E-state index in [-0.39, 0.29) is 11.4 Å². The molecule has 1 aromatic heterocycles. The van der Waals surface area contributed by atoms with Crippen LogP contribution in [0.15, 0.2) is 18.2 Å². The molecule has 0 bridgehead atoms. The van der Waals surface area contributed by atoms with Crippen LogP contribution < -0.4 is 11.1 Å². The average molecular weight is 315 g/mol. The summed E-state index contributed by atoms with van der Waals surface area (Å²) in [6.45, 7) is 3.45. The lowest BCUT2D eigenvalue weighted by Gasteiger charge is -2.11. The Morgan fingerprint density at radius 3 is 2.48 bits per heavy atom. The molecule has 0 saturated heterocycles. The predicted octanol–water partition coefficient (Wildman–Crippen LogP) is 3.61. The quantitative estimate of drug-likeness (QED) is 0.832. The number of halogens is 3. The molecule has 0 aliphatic rings. The standard InChI is InChI=1S/C13H12F3N3OS/c1-6-11(21-7(2)18-6)12(20)19-10-4-3-8(5-9(10)17)13(14,15)16/h3-5H,17H2,1-2H3,(H,19,20). The van der Waals surface area contributed by atoms with E-state index >= 15 is 0 Å². The number of nitrogens with two attached hydrogens (primary N) is 1. The molecular weight excluding hydrogens is 303 g/mol. The normalized spacial score (nSPS) is 11.5. The largest absolute Gasteiger partial charge is 0.416 e. The highest BCUT2D eigenvalue weighted by Gasteiger charge is 2.31. The molecule has 112 valence electrons. The van der Waals surface area contributed by atoms with Crippen LogP contribution in [0.4, 0.5) is 24.5 Å². The lowest BCUT2D eigenvalue weighted by Crippen LogP contribution is -2.14. The van der Waals surface area contributed by atoms with Crippen molar-refractivity contribution in [3.63, 3.8) is 0 Å². The lowest BCUT2D eigenvalue weighted by molar-refractivity contribution is -0.137. The van der Waals surface area contributed by atoms with Gasteiger partial charge in [0.2, 0.25) is 0 Å². The van der Waals surface area contributed by atoms with Gasteiger partial charge >= 0.3 is 6.18 Å². The zero-order valence-electron chi connectivity index (χ0n) is 11.2. The maximum atomic E-state index is 12.5. The number of nitrogen functional groups attached to an aromatic ring is 1. The van der Waals surface area contributed by atoms with Crippen LogP contribution in [0.1, 0.15) is 25.9 Å². The molecule has 0 aliphatic heterocycles. The highest BCUT2D eigenvalue weighted by atomic mass is 32.1. The molecule has 1 aromatic carbocycles. The van der Waals surface area contributed by atoms with Crippen LogP contribution in [-0.2, 0) is 6.18 Å². The second-order valence-corrected chi connectivity index (χ2v) is 5.60. The molecule has 21 heavy (non-hydrogen) atoms. The van der Waals surface area contributed by atoms with Crippen LogP contribution in [0, 0.1) is 13.8 Å². The molecule has 0 spiro atoms. The van der Waals surface area contributed by atoms with E-state index in [9.17, 15) is 18.0 Å². The van der Waals surface area contributed by atoms with Gasteiger partial charge in [-0.15, -0.1) is 11.3 Å². The first-order valence-corrected chi connectivity index (χ1v) is 6.72. The van der Waals surface area contributed by atoms with Crippen LogP contribution in [0.3, 0.4) is 0 Å². The molecule has 0 fully saturated rings. The number of hydrogen-bond donors (Lipinski definition) is 2. The van der Waals surface area contributed by atoms with Crippen LogP contribution in [0.2, 0.25) is 0 Å². The topological polar surface area (TPSA) is 68.0 Å². The Labute approximate surface area is 122 Å². The van der Waals surface area contributed by atoms with Crippen molar-refractivity contribution in [1.29, 1.82) is 0 Å². The monoisotopic (exact) mass is 315 g/mol. The minimum absolute atomic E-state index is 0.137. The molecule has 0 radical (unpaired) electrons. The molecule has 3 N–H and O–H groups in total. The van der Waals surface area contributed by atoms with Crippen molar-refractivity contribution < 1.29 is 18.0 Å². The van der Waals surface area contributed by atoms with Crippen molar-refractivity contribution in [3.8, 4) is 0 Å². The number of carbonyl (C=O) groups is 1.